The summed E-state index contributed by atoms with van der Waals surface area (Å²) in [4.78, 5) is 12.0. The highest BCUT2D eigenvalue weighted by Gasteiger charge is 2.43. The predicted octanol–water partition coefficient (Wildman–Crippen LogP) is 2.11. The number of likely N-dealkylation sites (tertiary alicyclic amines) is 1. The molecule has 6 heterocycles. The maximum absolute atomic E-state index is 14.2. The van der Waals surface area contributed by atoms with Crippen molar-refractivity contribution < 1.29 is 116 Å². The lowest BCUT2D eigenvalue weighted by atomic mass is 9.80. The SMILES string of the molecule is CC(=O)N1C[C@@H](O)[C@H](O)[C@@H](C(F)F)C1.OC(CC1CCCCC1)[C@H]1CNC[C@@H](O)[C@@H]1O.OC(c1cc(F)cc(F)c1)[C@H]1CNC[C@@H](O)[C@@H]1O.O[C@@H]1[C@@H](Cc2ccc(F)cc2)CNC[C@H]1O.O[C@H]1[C@H](O)CNC[C@@H]1C(F)CC1CCCCC1.O[C@H]1[C@H](O)CNC[C@@H]1C(F)c1cc(F)cc(F)c1. The number of rotatable bonds is 13. The number of hydrogen-bond acceptors (Lipinski definition) is 20. The molecule has 1 amide bonds. The van der Waals surface area contributed by atoms with E-state index in [1.54, 1.807) is 12.1 Å². The molecule has 2 aliphatic carbocycles. The Hall–Kier alpha value is -4.26. The van der Waals surface area contributed by atoms with Gasteiger partial charge in [-0.05, 0) is 84.2 Å². The van der Waals surface area contributed by atoms with Crippen molar-refractivity contribution in [3.05, 3.63) is 106 Å². The van der Waals surface area contributed by atoms with E-state index >= 15 is 0 Å². The van der Waals surface area contributed by atoms with Crippen LogP contribution < -0.4 is 26.6 Å². The molecule has 2 saturated carbocycles. The Kier molecular flexibility index (Phi) is 35.6. The molecule has 21 nitrogen and oxygen atoms in total. The van der Waals surface area contributed by atoms with Gasteiger partial charge in [0.15, 0.2) is 0 Å². The Bertz CT molecular complexity index is 2670. The molecule has 8 fully saturated rings. The zero-order valence-electron chi connectivity index (χ0n) is 56.4. The summed E-state index contributed by atoms with van der Waals surface area (Å²) in [6.45, 7) is 4.73. The number of benzene rings is 3. The number of nitrogens with zero attached hydrogens (tertiary/aromatic N) is 1. The largest absolute Gasteiger partial charge is 0.393 e. The van der Waals surface area contributed by atoms with E-state index in [1.807, 2.05) is 0 Å². The van der Waals surface area contributed by atoms with E-state index in [2.05, 4.69) is 26.6 Å². The predicted molar refractivity (Wildman–Crippen MR) is 351 cm³/mol. The minimum absolute atomic E-state index is 0.0192. The molecule has 0 radical (unpaired) electrons. The fraction of sp³-hybridized carbons (Fsp3) is 0.729. The molecule has 30 heteroatoms. The monoisotopic (exact) mass is 1440 g/mol. The van der Waals surface area contributed by atoms with Crippen molar-refractivity contribution in [3.63, 3.8) is 0 Å². The number of aliphatic hydroxyl groups excluding tert-OH is 14. The van der Waals surface area contributed by atoms with Gasteiger partial charge in [0.05, 0.1) is 91.4 Å². The van der Waals surface area contributed by atoms with Crippen LogP contribution >= 0.6 is 0 Å². The molecule has 100 heavy (non-hydrogen) atoms. The number of halogens is 9. The van der Waals surface area contributed by atoms with Gasteiger partial charge in [-0.3, -0.25) is 4.79 Å². The molecule has 19 N–H and O–H groups in total. The highest BCUT2D eigenvalue weighted by Crippen LogP contribution is 2.36. The van der Waals surface area contributed by atoms with E-state index in [0.29, 0.717) is 76.1 Å². The first-order valence-corrected chi connectivity index (χ1v) is 35.0. The van der Waals surface area contributed by atoms with Gasteiger partial charge in [-0.2, -0.15) is 0 Å². The molecule has 6 saturated heterocycles. The zero-order chi connectivity index (χ0) is 73.5. The maximum Gasteiger partial charge on any atom is 0.245 e. The van der Waals surface area contributed by atoms with Crippen LogP contribution in [0.15, 0.2) is 60.7 Å². The van der Waals surface area contributed by atoms with Gasteiger partial charge in [0.25, 0.3) is 0 Å². The highest BCUT2D eigenvalue weighted by atomic mass is 19.3. The quantitative estimate of drug-likeness (QED) is 0.109. The maximum atomic E-state index is 14.2. The fourth-order valence-electron chi connectivity index (χ4n) is 14.4. The molecule has 8 aliphatic rings. The molecular formula is C70H107F9N6O15. The lowest BCUT2D eigenvalue weighted by Crippen LogP contribution is -2.55. The minimum atomic E-state index is -2.73. The molecule has 0 spiro atoms. The standard InChI is InChI=1S/C13H24FNO2.C13H25NO3.C12H14F3NO2.C12H15F2NO3.C12H16FNO2.C8H13F2NO3/c14-11(6-9-4-2-1-3-5-9)10-7-15-8-12(16)13(10)17;15-11(6-9-4-2-1-3-5-9)10-7-14-8-12(16)13(10)17;13-7-1-6(2-8(14)3-7)11(15)9-4-16-5-10(17)12(9)18;13-7-1-6(2-8(14)3-7)11(17)9-4-15-5-10(16)12(9)18;13-10-3-1-8(2-4-10)5-9-6-14-7-11(15)12(9)16;1-4(12)11-2-5(8(9)10)7(14)6(13)3-11/h9-13,15-17H,1-8H2;9-17H,1-8H2;1-3,9-12,16-18H,4-5H2;1-3,9-12,15-18H,4-5H2;1-4,9,11-12,14-16H,5-7H2;5-8,13-14H,2-3H2,1H3/t2*10-,11?,12-,13-;2*9-,10-,11?,12-;9-,11+,12+;5-,6+,7+/m111100/s1. The van der Waals surface area contributed by atoms with Crippen molar-refractivity contribution in [1.82, 2.24) is 31.5 Å². The summed E-state index contributed by atoms with van der Waals surface area (Å²) in [5.74, 6) is -6.56. The lowest BCUT2D eigenvalue weighted by molar-refractivity contribution is -0.148. The summed E-state index contributed by atoms with van der Waals surface area (Å²) in [5, 5.41) is 150. The summed E-state index contributed by atoms with van der Waals surface area (Å²) in [6, 6.07) is 11.4. The van der Waals surface area contributed by atoms with Crippen LogP contribution in [0.1, 0.15) is 113 Å². The Morgan fingerprint density at radius 3 is 1.30 bits per heavy atom. The lowest BCUT2D eigenvalue weighted by Gasteiger charge is -2.38. The fourth-order valence-corrected chi connectivity index (χ4v) is 14.4. The molecule has 3 aromatic rings. The molecule has 3 aromatic carbocycles. The highest BCUT2D eigenvalue weighted by molar-refractivity contribution is 5.73. The summed E-state index contributed by atoms with van der Waals surface area (Å²) in [6.07, 6.45) is -4.89. The number of piperidine rings is 6. The first-order chi connectivity index (χ1) is 47.4. The van der Waals surface area contributed by atoms with Crippen LogP contribution in [-0.4, -0.2) is 253 Å². The number of carbonyl (C=O) groups is 1. The third kappa shape index (κ3) is 26.1. The minimum Gasteiger partial charge on any atom is -0.393 e. The Morgan fingerprint density at radius 2 is 0.820 bits per heavy atom. The Morgan fingerprint density at radius 1 is 0.430 bits per heavy atom. The molecule has 4 unspecified atom stereocenters. The topological polar surface area (TPSA) is 364 Å². The molecule has 0 aromatic heterocycles. The van der Waals surface area contributed by atoms with Crippen molar-refractivity contribution in [3.8, 4) is 0 Å². The molecular weight excluding hydrogens is 1340 g/mol. The molecule has 6 aliphatic heterocycles. The van der Waals surface area contributed by atoms with Gasteiger partial charge in [0.2, 0.25) is 12.3 Å². The molecule has 570 valence electrons. The first kappa shape index (κ1) is 84.7. The van der Waals surface area contributed by atoms with Gasteiger partial charge in [0, 0.05) is 127 Å². The third-order valence-electron chi connectivity index (χ3n) is 20.5. The van der Waals surface area contributed by atoms with Gasteiger partial charge in [0.1, 0.15) is 41.4 Å². The number of β-amino-alcohol motifs (C(OH)–C–C–N with tert-alkyl or cyclic N) is 6. The summed E-state index contributed by atoms with van der Waals surface area (Å²) < 4.78 is 118. The van der Waals surface area contributed by atoms with Crippen LogP contribution in [0.3, 0.4) is 0 Å². The number of nitrogens with one attached hydrogen (secondary N) is 5. The van der Waals surface area contributed by atoms with Crippen LogP contribution in [-0.2, 0) is 11.2 Å². The molecule has 0 bridgehead atoms. The number of aliphatic hydroxyl groups is 14. The van der Waals surface area contributed by atoms with E-state index in [4.69, 9.17) is 0 Å². The average Bonchev–Trinajstić information content (AvgIpc) is 0.830. The van der Waals surface area contributed by atoms with Crippen molar-refractivity contribution in [2.45, 2.75) is 195 Å². The number of amides is 1. The summed E-state index contributed by atoms with van der Waals surface area (Å²) >= 11 is 0. The third-order valence-corrected chi connectivity index (χ3v) is 20.5. The molecule has 22 atom stereocenters. The van der Waals surface area contributed by atoms with Gasteiger partial charge < -0.3 is 103 Å². The van der Waals surface area contributed by atoms with Gasteiger partial charge in [-0.1, -0.05) is 76.3 Å². The second kappa shape index (κ2) is 42.0. The molecule has 11 rings (SSSR count). The van der Waals surface area contributed by atoms with E-state index in [0.717, 1.165) is 54.0 Å². The second-order valence-corrected chi connectivity index (χ2v) is 28.1. The van der Waals surface area contributed by atoms with Crippen LogP contribution in [0.5, 0.6) is 0 Å². The van der Waals surface area contributed by atoms with E-state index in [-0.39, 0.29) is 74.0 Å². The smallest absolute Gasteiger partial charge is 0.245 e. The Labute approximate surface area is 578 Å². The summed E-state index contributed by atoms with van der Waals surface area (Å²) in [5.41, 5.74) is 0.848. The van der Waals surface area contributed by atoms with Crippen molar-refractivity contribution in [2.24, 2.45) is 47.3 Å². The first-order valence-electron chi connectivity index (χ1n) is 35.0. The summed E-state index contributed by atoms with van der Waals surface area (Å²) in [7, 11) is 0. The van der Waals surface area contributed by atoms with Crippen LogP contribution in [0, 0.1) is 76.4 Å². The van der Waals surface area contributed by atoms with Crippen LogP contribution in [0.4, 0.5) is 39.5 Å². The zero-order valence-corrected chi connectivity index (χ0v) is 56.4. The van der Waals surface area contributed by atoms with Gasteiger partial charge in [-0.15, -0.1) is 0 Å². The van der Waals surface area contributed by atoms with Crippen LogP contribution in [0.25, 0.3) is 0 Å². The van der Waals surface area contributed by atoms with Gasteiger partial charge in [-0.25, -0.2) is 39.5 Å². The van der Waals surface area contributed by atoms with Gasteiger partial charge >= 0.3 is 0 Å². The van der Waals surface area contributed by atoms with E-state index < -0.39 is 151 Å². The van der Waals surface area contributed by atoms with E-state index in [9.17, 15) is 116 Å². The number of hydrogen-bond donors (Lipinski definition) is 19. The average molecular weight is 1440 g/mol. The van der Waals surface area contributed by atoms with Crippen molar-refractivity contribution in [2.75, 3.05) is 78.5 Å². The van der Waals surface area contributed by atoms with Crippen molar-refractivity contribution in [1.29, 1.82) is 0 Å². The second-order valence-electron chi connectivity index (χ2n) is 28.1. The number of alkyl halides is 4. The van der Waals surface area contributed by atoms with Crippen LogP contribution in [0.2, 0.25) is 0 Å². The van der Waals surface area contributed by atoms with Crippen molar-refractivity contribution >= 4 is 5.91 Å². The number of carbonyl (C=O) groups excluding carboxylic acids is 1. The normalized spacial score (nSPS) is 33.3. The Balaban J connectivity index is 0.000000189. The van der Waals surface area contributed by atoms with E-state index in [1.165, 1.54) is 70.4 Å².